The minimum atomic E-state index is -3.98. The van der Waals surface area contributed by atoms with Gasteiger partial charge < -0.3 is 20.6 Å². The predicted molar refractivity (Wildman–Crippen MR) is 172 cm³/mol. The highest BCUT2D eigenvalue weighted by atomic mass is 32.2. The van der Waals surface area contributed by atoms with Crippen molar-refractivity contribution in [1.82, 2.24) is 24.9 Å². The first-order chi connectivity index (χ1) is 20.5. The molecule has 0 unspecified atom stereocenters. The molecule has 2 aromatic heterocycles. The van der Waals surface area contributed by atoms with Crippen LogP contribution in [-0.2, 0) is 16.6 Å². The number of aromatic nitrogens is 2. The largest absolute Gasteiger partial charge is 0.465 e. The lowest BCUT2D eigenvalue weighted by atomic mass is 9.84. The number of hydrogen-bond donors (Lipinski definition) is 4. The Kier molecular flexibility index (Phi) is 10.0. The lowest BCUT2D eigenvalue weighted by Crippen LogP contribution is -2.52. The number of anilines is 1. The second kappa shape index (κ2) is 13.2. The standard InChI is InChI=1S/C31H42N6O5S2/c1-30(2,3)36-44(41,42)26-17-21(35-28(38)34-18-22-9-7-8-16-32-22)12-15-24(26)25-19-33-27(43-25)20-10-13-23(14-11-20)37(29(39)40)31(4,5)6/h7-9,12,15-17,19-20,23,36H,10-11,13-14,18H2,1-6H3,(H,39,40)(H2,34,35,38)/t20-,23-. The summed E-state index contributed by atoms with van der Waals surface area (Å²) < 4.78 is 30.0. The zero-order chi connectivity index (χ0) is 32.3. The van der Waals surface area contributed by atoms with E-state index < -0.39 is 33.2 Å². The normalized spacial score (nSPS) is 17.6. The van der Waals surface area contributed by atoms with Gasteiger partial charge in [0.05, 0.1) is 27.0 Å². The Morgan fingerprint density at radius 2 is 1.73 bits per heavy atom. The molecule has 4 N–H and O–H groups in total. The maximum atomic E-state index is 13.6. The van der Waals surface area contributed by atoms with E-state index in [1.807, 2.05) is 26.8 Å². The van der Waals surface area contributed by atoms with Crippen molar-refractivity contribution in [3.63, 3.8) is 0 Å². The van der Waals surface area contributed by atoms with Gasteiger partial charge >= 0.3 is 12.1 Å². The molecule has 238 valence electrons. The van der Waals surface area contributed by atoms with Gasteiger partial charge in [-0.25, -0.2) is 27.7 Å². The average molecular weight is 643 g/mol. The van der Waals surface area contributed by atoms with E-state index in [0.29, 0.717) is 21.8 Å². The molecular weight excluding hydrogens is 601 g/mol. The number of carboxylic acid groups (broad SMARTS) is 1. The summed E-state index contributed by atoms with van der Waals surface area (Å²) in [4.78, 5) is 35.7. The van der Waals surface area contributed by atoms with E-state index in [4.69, 9.17) is 0 Å². The average Bonchev–Trinajstić information content (AvgIpc) is 3.41. The van der Waals surface area contributed by atoms with Gasteiger partial charge in [-0.1, -0.05) is 12.1 Å². The third-order valence-electron chi connectivity index (χ3n) is 7.25. The number of hydrogen-bond acceptors (Lipinski definition) is 7. The lowest BCUT2D eigenvalue weighted by molar-refractivity contribution is 0.0546. The molecule has 13 heteroatoms. The van der Waals surface area contributed by atoms with Gasteiger partial charge in [-0.15, -0.1) is 11.3 Å². The van der Waals surface area contributed by atoms with E-state index in [1.165, 1.54) is 17.4 Å². The smallest absolute Gasteiger partial charge is 0.407 e. The van der Waals surface area contributed by atoms with Crippen molar-refractivity contribution in [2.45, 2.75) is 102 Å². The van der Waals surface area contributed by atoms with Crippen LogP contribution >= 0.6 is 11.3 Å². The van der Waals surface area contributed by atoms with Gasteiger partial charge in [0.2, 0.25) is 10.0 Å². The van der Waals surface area contributed by atoms with Gasteiger partial charge in [-0.05, 0) is 91.5 Å². The van der Waals surface area contributed by atoms with Crippen molar-refractivity contribution in [2.75, 3.05) is 5.32 Å². The van der Waals surface area contributed by atoms with E-state index in [2.05, 4.69) is 25.3 Å². The number of thiazole rings is 1. The van der Waals surface area contributed by atoms with Crippen molar-refractivity contribution in [3.8, 4) is 10.4 Å². The van der Waals surface area contributed by atoms with Crippen molar-refractivity contribution < 1.29 is 23.1 Å². The van der Waals surface area contributed by atoms with E-state index in [-0.39, 0.29) is 23.4 Å². The third-order valence-corrected chi connectivity index (χ3v) is 10.2. The highest BCUT2D eigenvalue weighted by molar-refractivity contribution is 7.89. The Morgan fingerprint density at radius 3 is 2.32 bits per heavy atom. The molecule has 3 amide bonds. The van der Waals surface area contributed by atoms with E-state index in [0.717, 1.165) is 30.7 Å². The molecule has 1 aromatic carbocycles. The van der Waals surface area contributed by atoms with Gasteiger partial charge in [-0.3, -0.25) is 4.98 Å². The molecular formula is C31H42N6O5S2. The fourth-order valence-corrected chi connectivity index (χ4v) is 8.36. The number of benzene rings is 1. The van der Waals surface area contributed by atoms with Crippen LogP contribution in [0.1, 0.15) is 83.8 Å². The Balaban J connectivity index is 1.55. The van der Waals surface area contributed by atoms with Crippen molar-refractivity contribution >= 4 is 39.2 Å². The summed E-state index contributed by atoms with van der Waals surface area (Å²) in [6, 6.07) is 9.69. The van der Waals surface area contributed by atoms with Gasteiger partial charge in [0.1, 0.15) is 0 Å². The SMILES string of the molecule is CC(C)(C)NS(=O)(=O)c1cc(NC(=O)NCc2ccccn2)ccc1-c1cnc([C@H]2CC[C@H](N(C(=O)O)C(C)(C)C)CC2)s1. The maximum absolute atomic E-state index is 13.6. The fourth-order valence-electron chi connectivity index (χ4n) is 5.51. The van der Waals surface area contributed by atoms with Crippen LogP contribution in [0.25, 0.3) is 10.4 Å². The van der Waals surface area contributed by atoms with Crippen molar-refractivity contribution in [3.05, 3.63) is 59.5 Å². The summed E-state index contributed by atoms with van der Waals surface area (Å²) in [5.41, 5.74) is 0.295. The number of sulfonamides is 1. The molecule has 1 aliphatic carbocycles. The highest BCUT2D eigenvalue weighted by Gasteiger charge is 2.36. The van der Waals surface area contributed by atoms with Crippen LogP contribution in [0.5, 0.6) is 0 Å². The fraction of sp³-hybridized carbons (Fsp3) is 0.484. The summed E-state index contributed by atoms with van der Waals surface area (Å²) in [5.74, 6) is 0.164. The molecule has 1 saturated carbocycles. The summed E-state index contributed by atoms with van der Waals surface area (Å²) >= 11 is 1.45. The van der Waals surface area contributed by atoms with Crippen LogP contribution in [0.3, 0.4) is 0 Å². The Bertz CT molecular complexity index is 1570. The monoisotopic (exact) mass is 642 g/mol. The highest BCUT2D eigenvalue weighted by Crippen LogP contribution is 2.41. The first kappa shape index (κ1) is 33.3. The lowest BCUT2D eigenvalue weighted by Gasteiger charge is -2.42. The molecule has 11 nitrogen and oxygen atoms in total. The van der Waals surface area contributed by atoms with Gasteiger partial charge in [-0.2, -0.15) is 0 Å². The molecule has 0 spiro atoms. The second-order valence-electron chi connectivity index (χ2n) is 13.1. The number of nitrogens with one attached hydrogen (secondary N) is 3. The third kappa shape index (κ3) is 8.54. The van der Waals surface area contributed by atoms with Crippen molar-refractivity contribution in [1.29, 1.82) is 0 Å². The van der Waals surface area contributed by atoms with Gasteiger partial charge in [0, 0.05) is 46.7 Å². The minimum Gasteiger partial charge on any atom is -0.465 e. The van der Waals surface area contributed by atoms with Crippen LogP contribution < -0.4 is 15.4 Å². The Morgan fingerprint density at radius 1 is 1.02 bits per heavy atom. The molecule has 0 radical (unpaired) electrons. The molecule has 3 aromatic rings. The number of nitrogens with zero attached hydrogens (tertiary/aromatic N) is 3. The number of urea groups is 1. The molecule has 4 rings (SSSR count). The van der Waals surface area contributed by atoms with Crippen LogP contribution in [0.15, 0.2) is 53.7 Å². The van der Waals surface area contributed by atoms with Crippen LogP contribution in [0.4, 0.5) is 15.3 Å². The summed E-state index contributed by atoms with van der Waals surface area (Å²) in [5, 5.41) is 16.2. The Hall–Kier alpha value is -3.55. The zero-order valence-electron chi connectivity index (χ0n) is 26.0. The van der Waals surface area contributed by atoms with Crippen LogP contribution in [0, 0.1) is 0 Å². The van der Waals surface area contributed by atoms with Gasteiger partial charge in [0.25, 0.3) is 0 Å². The van der Waals surface area contributed by atoms with E-state index in [9.17, 15) is 23.1 Å². The zero-order valence-corrected chi connectivity index (χ0v) is 27.7. The molecule has 44 heavy (non-hydrogen) atoms. The molecule has 1 aliphatic rings. The number of amides is 3. The number of pyridine rings is 1. The second-order valence-corrected chi connectivity index (χ2v) is 15.8. The first-order valence-electron chi connectivity index (χ1n) is 14.6. The van der Waals surface area contributed by atoms with Gasteiger partial charge in [0.15, 0.2) is 0 Å². The molecule has 0 saturated heterocycles. The molecule has 0 aliphatic heterocycles. The topological polar surface area (TPSA) is 154 Å². The van der Waals surface area contributed by atoms with Crippen LogP contribution in [-0.4, -0.2) is 57.6 Å². The number of carbonyl (C=O) groups is 2. The molecule has 0 atom stereocenters. The summed E-state index contributed by atoms with van der Waals surface area (Å²) in [6.07, 6.45) is 5.50. The first-order valence-corrected chi connectivity index (χ1v) is 16.9. The molecule has 0 bridgehead atoms. The van der Waals surface area contributed by atoms with E-state index in [1.54, 1.807) is 62.3 Å². The summed E-state index contributed by atoms with van der Waals surface area (Å²) in [6.45, 7) is 11.3. The molecule has 2 heterocycles. The Labute approximate surface area is 263 Å². The predicted octanol–water partition coefficient (Wildman–Crippen LogP) is 6.41. The van der Waals surface area contributed by atoms with Crippen molar-refractivity contribution in [2.24, 2.45) is 0 Å². The maximum Gasteiger partial charge on any atom is 0.407 e. The summed E-state index contributed by atoms with van der Waals surface area (Å²) in [7, 11) is -3.98. The quantitative estimate of drug-likeness (QED) is 0.221. The van der Waals surface area contributed by atoms with E-state index >= 15 is 0 Å². The minimum absolute atomic E-state index is 0.0381. The number of rotatable bonds is 8. The van der Waals surface area contributed by atoms with Crippen LogP contribution in [0.2, 0.25) is 0 Å². The molecule has 1 fully saturated rings. The number of carbonyl (C=O) groups excluding carboxylic acids is 1.